The fourth-order valence-corrected chi connectivity index (χ4v) is 7.00. The lowest BCUT2D eigenvalue weighted by Gasteiger charge is -2.37. The molecular weight excluding hydrogens is 623 g/mol. The summed E-state index contributed by atoms with van der Waals surface area (Å²) >= 11 is 0. The van der Waals surface area contributed by atoms with Gasteiger partial charge in [0.05, 0.1) is 43.1 Å². The van der Waals surface area contributed by atoms with Gasteiger partial charge in [-0.3, -0.25) is 14.6 Å². The molecule has 0 radical (unpaired) electrons. The Hall–Kier alpha value is -4.70. The predicted octanol–water partition coefficient (Wildman–Crippen LogP) is 8.16. The molecule has 252 valence electrons. The van der Waals surface area contributed by atoms with E-state index >= 15 is 0 Å². The van der Waals surface area contributed by atoms with Crippen LogP contribution in [0.25, 0.3) is 22.0 Å². The van der Waals surface area contributed by atoms with Crippen LogP contribution in [0.4, 0.5) is 0 Å². The van der Waals surface area contributed by atoms with Crippen molar-refractivity contribution in [1.82, 2.24) is 14.7 Å². The Balaban J connectivity index is 1.64. The van der Waals surface area contributed by atoms with Crippen molar-refractivity contribution in [2.75, 3.05) is 14.2 Å². The van der Waals surface area contributed by atoms with Crippen LogP contribution in [0.1, 0.15) is 65.0 Å². The molecule has 0 aliphatic rings. The second-order valence-electron chi connectivity index (χ2n) is 13.9. The van der Waals surface area contributed by atoms with E-state index in [0.717, 1.165) is 33.6 Å². The van der Waals surface area contributed by atoms with E-state index in [1.54, 1.807) is 43.2 Å². The molecule has 0 aliphatic carbocycles. The van der Waals surface area contributed by atoms with Crippen LogP contribution in [0.3, 0.4) is 0 Å². The van der Waals surface area contributed by atoms with Crippen molar-refractivity contribution in [3.05, 3.63) is 98.4 Å². The minimum absolute atomic E-state index is 0.0468. The van der Waals surface area contributed by atoms with E-state index in [2.05, 4.69) is 44.0 Å². The molecule has 2 aromatic carbocycles. The number of aryl methyl sites for hydroxylation is 4. The van der Waals surface area contributed by atoms with E-state index in [0.29, 0.717) is 39.6 Å². The van der Waals surface area contributed by atoms with E-state index in [4.69, 9.17) is 18.4 Å². The summed E-state index contributed by atoms with van der Waals surface area (Å²) < 4.78 is 25.1. The third kappa shape index (κ3) is 6.54. The maximum atomic E-state index is 14.3. The van der Waals surface area contributed by atoms with E-state index in [-0.39, 0.29) is 29.4 Å². The van der Waals surface area contributed by atoms with Gasteiger partial charge in [-0.2, -0.15) is 0 Å². The van der Waals surface area contributed by atoms with E-state index < -0.39 is 13.9 Å². The fourth-order valence-electron chi connectivity index (χ4n) is 5.87. The molecule has 10 heteroatoms. The summed E-state index contributed by atoms with van der Waals surface area (Å²) in [6, 6.07) is 13.0. The van der Waals surface area contributed by atoms with Gasteiger partial charge >= 0.3 is 0 Å². The van der Waals surface area contributed by atoms with Gasteiger partial charge in [-0.15, -0.1) is 0 Å². The van der Waals surface area contributed by atoms with Crippen molar-refractivity contribution in [1.29, 1.82) is 0 Å². The second-order valence-corrected chi connectivity index (χ2v) is 18.7. The minimum atomic E-state index is -2.07. The van der Waals surface area contributed by atoms with Crippen LogP contribution in [0.2, 0.25) is 18.1 Å². The molecule has 0 saturated heterocycles. The average molecular weight is 668 g/mol. The van der Waals surface area contributed by atoms with Gasteiger partial charge in [0.1, 0.15) is 28.7 Å². The zero-order valence-corrected chi connectivity index (χ0v) is 30.8. The third-order valence-corrected chi connectivity index (χ3v) is 13.8. The number of Topliss-reactive ketones (excluding diaryl/α,β-unsaturated/α-hetero) is 1. The molecule has 5 aromatic rings. The summed E-state index contributed by atoms with van der Waals surface area (Å²) in [7, 11) is 1.07. The summed E-state index contributed by atoms with van der Waals surface area (Å²) in [4.78, 5) is 32.9. The number of benzene rings is 2. The molecule has 0 bridgehead atoms. The Morgan fingerprint density at radius 3 is 2.21 bits per heavy atom. The zero-order valence-electron chi connectivity index (χ0n) is 29.8. The smallest absolute Gasteiger partial charge is 0.262 e. The van der Waals surface area contributed by atoms with Crippen LogP contribution < -0.4 is 19.5 Å². The second kappa shape index (κ2) is 13.1. The number of fused-ring (bicyclic) bond motifs is 1. The number of nitrogens with zero attached hydrogens (tertiary/aromatic N) is 3. The van der Waals surface area contributed by atoms with Crippen molar-refractivity contribution in [2.24, 2.45) is 0 Å². The first kappa shape index (κ1) is 34.6. The molecule has 0 N–H and O–H groups in total. The Morgan fingerprint density at radius 1 is 0.958 bits per heavy atom. The molecule has 0 fully saturated rings. The molecule has 0 unspecified atom stereocenters. The lowest BCUT2D eigenvalue weighted by Crippen LogP contribution is -2.44. The van der Waals surface area contributed by atoms with Crippen molar-refractivity contribution in [3.63, 3.8) is 0 Å². The molecule has 9 nitrogen and oxygen atoms in total. The first-order valence-corrected chi connectivity index (χ1v) is 19.0. The van der Waals surface area contributed by atoms with Crippen molar-refractivity contribution in [2.45, 2.75) is 79.6 Å². The van der Waals surface area contributed by atoms with Crippen LogP contribution in [-0.4, -0.2) is 43.0 Å². The molecule has 48 heavy (non-hydrogen) atoms. The Labute approximate surface area is 283 Å². The number of aromatic nitrogens is 3. The summed E-state index contributed by atoms with van der Waals surface area (Å²) in [6.45, 7) is 18.9. The minimum Gasteiger partial charge on any atom is -0.543 e. The normalized spacial score (nSPS) is 12.0. The molecule has 0 spiro atoms. The lowest BCUT2D eigenvalue weighted by atomic mass is 9.96. The number of rotatable bonds is 10. The van der Waals surface area contributed by atoms with Crippen LogP contribution in [0.5, 0.6) is 17.2 Å². The number of ether oxygens (including phenoxy) is 2. The fraction of sp³-hybridized carbons (Fsp3) is 0.368. The summed E-state index contributed by atoms with van der Waals surface area (Å²) in [5.74, 6) is 2.31. The van der Waals surface area contributed by atoms with Crippen molar-refractivity contribution < 1.29 is 23.2 Å². The number of carbonyl (C=O) groups is 1. The predicted molar refractivity (Wildman–Crippen MR) is 191 cm³/mol. The van der Waals surface area contributed by atoms with Gasteiger partial charge in [-0.05, 0) is 86.8 Å². The third-order valence-electron chi connectivity index (χ3n) is 9.44. The first-order valence-electron chi connectivity index (χ1n) is 16.0. The molecule has 3 aromatic heterocycles. The molecule has 5 rings (SSSR count). The van der Waals surface area contributed by atoms with Crippen molar-refractivity contribution >= 4 is 25.0 Å². The summed E-state index contributed by atoms with van der Waals surface area (Å²) in [5.41, 5.74) is 5.85. The molecular formula is C38H45N3O6Si. The van der Waals surface area contributed by atoms with E-state index in [1.807, 2.05) is 52.0 Å². The Kier molecular flexibility index (Phi) is 9.43. The monoisotopic (exact) mass is 667 g/mol. The number of methoxy groups -OCH3 is 2. The Morgan fingerprint density at radius 2 is 1.62 bits per heavy atom. The highest BCUT2D eigenvalue weighted by molar-refractivity contribution is 6.74. The van der Waals surface area contributed by atoms with Crippen LogP contribution in [0, 0.1) is 27.7 Å². The van der Waals surface area contributed by atoms with E-state index in [9.17, 15) is 9.59 Å². The maximum absolute atomic E-state index is 14.3. The topological polar surface area (TPSA) is 106 Å². The number of hydrogen-bond donors (Lipinski definition) is 0. The largest absolute Gasteiger partial charge is 0.543 e. The average Bonchev–Trinajstić information content (AvgIpc) is 3.36. The Bertz CT molecular complexity index is 2040. The van der Waals surface area contributed by atoms with Gasteiger partial charge < -0.3 is 23.0 Å². The molecule has 0 saturated carbocycles. The van der Waals surface area contributed by atoms with Gasteiger partial charge in [-0.25, -0.2) is 0 Å². The summed E-state index contributed by atoms with van der Waals surface area (Å²) in [5, 5.41) is 4.87. The molecule has 0 amide bonds. The van der Waals surface area contributed by atoms with Gasteiger partial charge in [0.15, 0.2) is 5.78 Å². The van der Waals surface area contributed by atoms with E-state index in [1.165, 1.54) is 0 Å². The van der Waals surface area contributed by atoms with Gasteiger partial charge in [0.25, 0.3) is 13.9 Å². The van der Waals surface area contributed by atoms with Gasteiger partial charge in [0.2, 0.25) is 0 Å². The SMILES string of the molecule is COc1cc2c(cc1-c1c(C)noc1C)cc(C(=O)Cc1cc(C)c(O[Si](C)(C)C(C)(C)C)c(C)c1)c(=O)n2Cc1ncccc1OC. The first-order chi connectivity index (χ1) is 22.6. The van der Waals surface area contributed by atoms with Gasteiger partial charge in [0, 0.05) is 29.6 Å². The maximum Gasteiger partial charge on any atom is 0.262 e. The highest BCUT2D eigenvalue weighted by Gasteiger charge is 2.39. The van der Waals surface area contributed by atoms with Crippen molar-refractivity contribution in [3.8, 4) is 28.4 Å². The number of hydrogen-bond acceptors (Lipinski definition) is 8. The van der Waals surface area contributed by atoms with Gasteiger partial charge in [-0.1, -0.05) is 38.1 Å². The number of carbonyl (C=O) groups excluding carboxylic acids is 1. The molecule has 3 heterocycles. The zero-order chi connectivity index (χ0) is 35.1. The standard InChI is InChI=1S/C38H45N3O6Si/c1-22-15-26(16-23(2)36(22)47-48(10,11)38(5,6)7)17-32(42)28-18-27-19-29(35-24(3)40-46-25(35)4)34(45-9)20-31(27)41(37(28)43)21-30-33(44-8)13-12-14-39-30/h12-16,18-20H,17,21H2,1-11H3. The highest BCUT2D eigenvalue weighted by Crippen LogP contribution is 2.40. The van der Waals surface area contributed by atoms with Crippen LogP contribution >= 0.6 is 0 Å². The lowest BCUT2D eigenvalue weighted by molar-refractivity contribution is 0.0991. The summed E-state index contributed by atoms with van der Waals surface area (Å²) in [6.07, 6.45) is 1.71. The van der Waals surface area contributed by atoms with Crippen LogP contribution in [-0.2, 0) is 13.0 Å². The molecule has 0 aliphatic heterocycles. The highest BCUT2D eigenvalue weighted by atomic mass is 28.4. The van der Waals surface area contributed by atoms with Crippen LogP contribution in [0.15, 0.2) is 58.0 Å². The number of ketones is 1. The quantitative estimate of drug-likeness (QED) is 0.109. The molecule has 0 atom stereocenters. The number of pyridine rings is 2.